The predicted octanol–water partition coefficient (Wildman–Crippen LogP) is 2.91. The number of amides is 1. The Labute approximate surface area is 149 Å². The lowest BCUT2D eigenvalue weighted by molar-refractivity contribution is -0.124. The monoisotopic (exact) mass is 360 g/mol. The van der Waals surface area contributed by atoms with Crippen LogP contribution in [0, 0.1) is 5.92 Å². The molecular formula is C17H26Cl2N2O2. The average Bonchev–Trinajstić information content (AvgIpc) is 2.53. The summed E-state index contributed by atoms with van der Waals surface area (Å²) >= 11 is 6.05. The molecule has 1 amide bonds. The maximum atomic E-state index is 12.3. The van der Waals surface area contributed by atoms with Crippen molar-refractivity contribution in [3.8, 4) is 0 Å². The molecule has 1 unspecified atom stereocenters. The highest BCUT2D eigenvalue weighted by molar-refractivity contribution is 6.30. The van der Waals surface area contributed by atoms with Gasteiger partial charge in [0.15, 0.2) is 0 Å². The van der Waals surface area contributed by atoms with Gasteiger partial charge in [-0.05, 0) is 36.5 Å². The molecule has 130 valence electrons. The van der Waals surface area contributed by atoms with E-state index in [0.717, 1.165) is 18.4 Å². The Morgan fingerprint density at radius 2 is 2.09 bits per heavy atom. The molecule has 2 rings (SSSR count). The number of benzene rings is 1. The molecule has 0 radical (unpaired) electrons. The topological polar surface area (TPSA) is 64.4 Å². The van der Waals surface area contributed by atoms with Crippen LogP contribution in [0.2, 0.25) is 5.02 Å². The van der Waals surface area contributed by atoms with Crippen LogP contribution in [0.4, 0.5) is 0 Å². The van der Waals surface area contributed by atoms with Crippen molar-refractivity contribution in [3.63, 3.8) is 0 Å². The van der Waals surface area contributed by atoms with Crippen LogP contribution in [-0.4, -0.2) is 31.7 Å². The molecule has 6 heteroatoms. The molecule has 1 aromatic carbocycles. The molecule has 4 nitrogen and oxygen atoms in total. The van der Waals surface area contributed by atoms with Crippen LogP contribution >= 0.6 is 24.0 Å². The standard InChI is InChI=1S/C17H25ClN2O2.ClH/c1-17(2,13-4-3-5-14(18)10-13)11-20-16(21)15(19)12-6-8-22-9-7-12;/h3-5,10,12,15H,6-9,11,19H2,1-2H3,(H,20,21);1H. The van der Waals surface area contributed by atoms with Crippen LogP contribution in [-0.2, 0) is 14.9 Å². The third-order valence-electron chi connectivity index (χ3n) is 4.39. The van der Waals surface area contributed by atoms with Gasteiger partial charge in [-0.1, -0.05) is 37.6 Å². The number of nitrogens with one attached hydrogen (secondary N) is 1. The number of nitrogens with two attached hydrogens (primary N) is 1. The lowest BCUT2D eigenvalue weighted by Gasteiger charge is -2.29. The summed E-state index contributed by atoms with van der Waals surface area (Å²) in [4.78, 5) is 12.3. The quantitative estimate of drug-likeness (QED) is 0.848. The third-order valence-corrected chi connectivity index (χ3v) is 4.62. The first-order valence-electron chi connectivity index (χ1n) is 7.77. The molecule has 0 spiro atoms. The Morgan fingerprint density at radius 3 is 2.70 bits per heavy atom. The predicted molar refractivity (Wildman–Crippen MR) is 96.3 cm³/mol. The van der Waals surface area contributed by atoms with Crippen molar-refractivity contribution in [2.24, 2.45) is 11.7 Å². The summed E-state index contributed by atoms with van der Waals surface area (Å²) < 4.78 is 5.31. The molecule has 1 atom stereocenters. The van der Waals surface area contributed by atoms with Gasteiger partial charge >= 0.3 is 0 Å². The second kappa shape index (κ2) is 8.88. The summed E-state index contributed by atoms with van der Waals surface area (Å²) in [5.74, 6) is 0.130. The van der Waals surface area contributed by atoms with E-state index in [4.69, 9.17) is 22.1 Å². The summed E-state index contributed by atoms with van der Waals surface area (Å²) in [6.07, 6.45) is 1.71. The number of carbonyl (C=O) groups excluding carboxylic acids is 1. The van der Waals surface area contributed by atoms with Gasteiger partial charge in [0.2, 0.25) is 5.91 Å². The summed E-state index contributed by atoms with van der Waals surface area (Å²) in [6, 6.07) is 7.28. The zero-order chi connectivity index (χ0) is 16.2. The smallest absolute Gasteiger partial charge is 0.237 e. The van der Waals surface area contributed by atoms with Gasteiger partial charge in [0, 0.05) is 30.2 Å². The van der Waals surface area contributed by atoms with Gasteiger partial charge in [-0.3, -0.25) is 4.79 Å². The molecule has 0 aliphatic carbocycles. The van der Waals surface area contributed by atoms with Gasteiger partial charge in [-0.15, -0.1) is 12.4 Å². The fraction of sp³-hybridized carbons (Fsp3) is 0.588. The Bertz CT molecular complexity index is 517. The molecular weight excluding hydrogens is 335 g/mol. The van der Waals surface area contributed by atoms with Crippen molar-refractivity contribution < 1.29 is 9.53 Å². The van der Waals surface area contributed by atoms with Gasteiger partial charge in [-0.25, -0.2) is 0 Å². The van der Waals surface area contributed by atoms with Gasteiger partial charge in [0.25, 0.3) is 0 Å². The Kier molecular flexibility index (Phi) is 7.81. The van der Waals surface area contributed by atoms with E-state index < -0.39 is 6.04 Å². The lowest BCUT2D eigenvalue weighted by atomic mass is 9.84. The van der Waals surface area contributed by atoms with E-state index in [2.05, 4.69) is 19.2 Å². The molecule has 1 saturated heterocycles. The minimum Gasteiger partial charge on any atom is -0.381 e. The van der Waals surface area contributed by atoms with E-state index in [1.165, 1.54) is 0 Å². The molecule has 3 N–H and O–H groups in total. The first-order chi connectivity index (χ1) is 10.4. The Hall–Kier alpha value is -0.810. The summed E-state index contributed by atoms with van der Waals surface area (Å²) in [7, 11) is 0. The largest absolute Gasteiger partial charge is 0.381 e. The van der Waals surface area contributed by atoms with Gasteiger partial charge in [-0.2, -0.15) is 0 Å². The summed E-state index contributed by atoms with van der Waals surface area (Å²) in [5, 5.41) is 3.69. The Morgan fingerprint density at radius 1 is 1.43 bits per heavy atom. The first kappa shape index (κ1) is 20.2. The number of halogens is 2. The van der Waals surface area contributed by atoms with Crippen LogP contribution in [0.5, 0.6) is 0 Å². The fourth-order valence-electron chi connectivity index (χ4n) is 2.73. The number of ether oxygens (including phenoxy) is 1. The third kappa shape index (κ3) is 5.64. The van der Waals surface area contributed by atoms with Crippen molar-refractivity contribution in [3.05, 3.63) is 34.9 Å². The highest BCUT2D eigenvalue weighted by atomic mass is 35.5. The SMILES string of the molecule is CC(C)(CNC(=O)C(N)C1CCOCC1)c1cccc(Cl)c1.Cl. The number of carbonyl (C=O) groups is 1. The van der Waals surface area contributed by atoms with E-state index in [9.17, 15) is 4.79 Å². The number of rotatable bonds is 5. The van der Waals surface area contributed by atoms with Crippen LogP contribution in [0.15, 0.2) is 24.3 Å². The normalized spacial score (nSPS) is 17.2. The second-order valence-electron chi connectivity index (χ2n) is 6.59. The molecule has 1 aromatic rings. The van der Waals surface area contributed by atoms with E-state index in [-0.39, 0.29) is 29.6 Å². The minimum absolute atomic E-state index is 0. The van der Waals surface area contributed by atoms with Crippen molar-refractivity contribution >= 4 is 29.9 Å². The molecule has 1 fully saturated rings. The van der Waals surface area contributed by atoms with E-state index in [1.54, 1.807) is 0 Å². The second-order valence-corrected chi connectivity index (χ2v) is 7.02. The molecule has 0 bridgehead atoms. The van der Waals surface area contributed by atoms with Gasteiger partial charge < -0.3 is 15.8 Å². The number of hydrogen-bond donors (Lipinski definition) is 2. The molecule has 1 aliphatic rings. The summed E-state index contributed by atoms with van der Waals surface area (Å²) in [5.41, 5.74) is 6.99. The molecule has 23 heavy (non-hydrogen) atoms. The van der Waals surface area contributed by atoms with E-state index >= 15 is 0 Å². The average molecular weight is 361 g/mol. The van der Waals surface area contributed by atoms with Crippen molar-refractivity contribution in [1.82, 2.24) is 5.32 Å². The van der Waals surface area contributed by atoms with Crippen LogP contribution in [0.3, 0.4) is 0 Å². The molecule has 1 aliphatic heterocycles. The summed E-state index contributed by atoms with van der Waals surface area (Å²) in [6.45, 7) is 6.08. The fourth-order valence-corrected chi connectivity index (χ4v) is 2.92. The van der Waals surface area contributed by atoms with Crippen LogP contribution in [0.25, 0.3) is 0 Å². The van der Waals surface area contributed by atoms with Crippen molar-refractivity contribution in [2.45, 2.75) is 38.1 Å². The molecule has 1 heterocycles. The Balaban J connectivity index is 0.00000264. The van der Waals surface area contributed by atoms with Gasteiger partial charge in [0.1, 0.15) is 0 Å². The minimum atomic E-state index is -0.459. The van der Waals surface area contributed by atoms with Crippen molar-refractivity contribution in [1.29, 1.82) is 0 Å². The maximum Gasteiger partial charge on any atom is 0.237 e. The molecule has 0 aromatic heterocycles. The van der Waals surface area contributed by atoms with E-state index in [0.29, 0.717) is 24.8 Å². The zero-order valence-electron chi connectivity index (χ0n) is 13.7. The van der Waals surface area contributed by atoms with Crippen LogP contribution < -0.4 is 11.1 Å². The maximum absolute atomic E-state index is 12.3. The van der Waals surface area contributed by atoms with Crippen LogP contribution in [0.1, 0.15) is 32.3 Å². The number of hydrogen-bond acceptors (Lipinski definition) is 3. The highest BCUT2D eigenvalue weighted by Gasteiger charge is 2.28. The van der Waals surface area contributed by atoms with Gasteiger partial charge in [0.05, 0.1) is 6.04 Å². The lowest BCUT2D eigenvalue weighted by Crippen LogP contribution is -2.49. The van der Waals surface area contributed by atoms with E-state index in [1.807, 2.05) is 24.3 Å². The first-order valence-corrected chi connectivity index (χ1v) is 8.15. The zero-order valence-corrected chi connectivity index (χ0v) is 15.3. The van der Waals surface area contributed by atoms with Crippen molar-refractivity contribution in [2.75, 3.05) is 19.8 Å². The molecule has 0 saturated carbocycles. The highest BCUT2D eigenvalue weighted by Crippen LogP contribution is 2.25.